The zero-order valence-electron chi connectivity index (χ0n) is 17.9. The van der Waals surface area contributed by atoms with E-state index >= 15 is 0 Å². The number of morpholine rings is 1. The van der Waals surface area contributed by atoms with Gasteiger partial charge in [0.25, 0.3) is 0 Å². The smallest absolute Gasteiger partial charge is 0.382 e. The first kappa shape index (κ1) is 29.4. The third-order valence-corrected chi connectivity index (χ3v) is 9.06. The molecule has 4 atom stereocenters. The molecule has 24 heteroatoms. The molecule has 2 aromatic rings. The Morgan fingerprint density at radius 2 is 1.69 bits per heavy atom. The lowest BCUT2D eigenvalue weighted by Gasteiger charge is -2.38. The van der Waals surface area contributed by atoms with Crippen LogP contribution in [0.2, 0.25) is 0 Å². The number of nitrogen functional groups attached to an aromatic ring is 1. The van der Waals surface area contributed by atoms with Crippen LogP contribution < -0.4 is 5.73 Å². The molecule has 1 aliphatic rings. The molecule has 2 unspecified atom stereocenters. The second-order valence-electron chi connectivity index (χ2n) is 7.33. The Labute approximate surface area is 201 Å². The molecule has 1 fully saturated rings. The molecule has 0 radical (unpaired) electrons. The van der Waals surface area contributed by atoms with Crippen LogP contribution in [0.4, 0.5) is 5.82 Å². The maximum atomic E-state index is 12.0. The highest BCUT2D eigenvalue weighted by atomic mass is 31.3. The van der Waals surface area contributed by atoms with Crippen LogP contribution in [0, 0.1) is 0 Å². The number of nitrogens with two attached hydrogens (primary N) is 1. The predicted octanol–water partition coefficient (Wildman–Crippen LogP) is -0.871. The Morgan fingerprint density at radius 1 is 1.00 bits per heavy atom. The maximum Gasteiger partial charge on any atom is 0.490 e. The lowest BCUT2D eigenvalue weighted by Crippen LogP contribution is -2.48. The average Bonchev–Trinajstić information content (AvgIpc) is 3.13. The van der Waals surface area contributed by atoms with Crippen LogP contribution in [0.15, 0.2) is 12.7 Å². The Balaban J connectivity index is 1.76. The van der Waals surface area contributed by atoms with E-state index in [4.69, 9.17) is 20.3 Å². The van der Waals surface area contributed by atoms with Crippen molar-refractivity contribution < 1.29 is 65.5 Å². The van der Waals surface area contributed by atoms with Crippen LogP contribution in [-0.4, -0.2) is 92.3 Å². The van der Waals surface area contributed by atoms with Crippen molar-refractivity contribution in [1.82, 2.24) is 24.4 Å². The fraction of sp³-hybridized carbons (Fsp3) is 0.583. The molecule has 20 nitrogen and oxygen atoms in total. The first-order chi connectivity index (χ1) is 16.4. The summed E-state index contributed by atoms with van der Waals surface area (Å²) in [5, 5.41) is 0. The molecule has 8 N–H and O–H groups in total. The maximum absolute atomic E-state index is 12.0. The molecular formula is C12H22N6O14P4. The fourth-order valence-electron chi connectivity index (χ4n) is 3.15. The molecule has 0 aromatic carbocycles. The molecule has 0 spiro atoms. The van der Waals surface area contributed by atoms with E-state index in [1.54, 1.807) is 4.90 Å². The molecule has 0 amide bonds. The molecule has 0 aliphatic carbocycles. The number of anilines is 1. The van der Waals surface area contributed by atoms with Crippen molar-refractivity contribution in [3.8, 4) is 0 Å². The number of ether oxygens (including phenoxy) is 1. The minimum Gasteiger partial charge on any atom is -0.382 e. The summed E-state index contributed by atoms with van der Waals surface area (Å²) in [6, 6.07) is 0. The lowest BCUT2D eigenvalue weighted by molar-refractivity contribution is -0.130. The van der Waals surface area contributed by atoms with Crippen molar-refractivity contribution in [3.63, 3.8) is 0 Å². The van der Waals surface area contributed by atoms with E-state index in [0.717, 1.165) is 0 Å². The summed E-state index contributed by atoms with van der Waals surface area (Å²) in [6.07, 6.45) is -0.00262. The van der Waals surface area contributed by atoms with E-state index < -0.39 is 56.2 Å². The summed E-state index contributed by atoms with van der Waals surface area (Å²) >= 11 is 0. The summed E-state index contributed by atoms with van der Waals surface area (Å²) in [6.45, 7) is -0.882. The summed E-state index contributed by atoms with van der Waals surface area (Å²) in [7, 11) is -21.1. The lowest BCUT2D eigenvalue weighted by atomic mass is 10.2. The third-order valence-electron chi connectivity index (χ3n) is 4.47. The number of phosphoric acid groups is 3. The molecule has 204 valence electrons. The van der Waals surface area contributed by atoms with E-state index in [0.29, 0.717) is 0 Å². The summed E-state index contributed by atoms with van der Waals surface area (Å²) < 4.78 is 64.8. The number of rotatable bonds is 11. The quantitative estimate of drug-likeness (QED) is 0.155. The van der Waals surface area contributed by atoms with Crippen molar-refractivity contribution in [2.75, 3.05) is 38.1 Å². The summed E-state index contributed by atoms with van der Waals surface area (Å²) in [5.74, 6) is 0.0807. The zero-order valence-corrected chi connectivity index (χ0v) is 21.5. The first-order valence-electron chi connectivity index (χ1n) is 9.57. The number of phosphoric ester groups is 1. The first-order valence-corrected chi connectivity index (χ1v) is 15.9. The van der Waals surface area contributed by atoms with Crippen molar-refractivity contribution >= 4 is 48.0 Å². The van der Waals surface area contributed by atoms with Crippen molar-refractivity contribution in [2.45, 2.75) is 12.3 Å². The highest BCUT2D eigenvalue weighted by Crippen LogP contribution is 2.66. The topological polar surface area (TPSA) is 299 Å². The predicted molar refractivity (Wildman–Crippen MR) is 117 cm³/mol. The van der Waals surface area contributed by atoms with Crippen LogP contribution >= 0.6 is 31.1 Å². The molecule has 0 saturated carbocycles. The molecule has 3 rings (SSSR count). The number of nitrogens with zero attached hydrogens (tertiary/aromatic N) is 5. The summed E-state index contributed by atoms with van der Waals surface area (Å²) in [5.41, 5.74) is 6.28. The Kier molecular flexibility index (Phi) is 8.90. The molecule has 0 bridgehead atoms. The number of imidazole rings is 1. The van der Waals surface area contributed by atoms with Gasteiger partial charge in [-0.3, -0.25) is 18.6 Å². The van der Waals surface area contributed by atoms with Gasteiger partial charge in [-0.1, -0.05) is 0 Å². The monoisotopic (exact) mass is 598 g/mol. The van der Waals surface area contributed by atoms with E-state index in [-0.39, 0.29) is 36.6 Å². The van der Waals surface area contributed by atoms with E-state index in [9.17, 15) is 37.8 Å². The van der Waals surface area contributed by atoms with Gasteiger partial charge in [-0.15, -0.1) is 0 Å². The summed E-state index contributed by atoms with van der Waals surface area (Å²) in [4.78, 5) is 68.1. The van der Waals surface area contributed by atoms with Gasteiger partial charge < -0.3 is 39.8 Å². The van der Waals surface area contributed by atoms with Gasteiger partial charge in [0.05, 0.1) is 25.2 Å². The standard InChI is InChI=1S/C12H22N6O14P4/c13-11-10-12(15-6-14-11)18(7-16-10)9-4-17(1-2-33(19,20)21)3-8(30-9)5-29-35(25,26)32-36(27,28)31-34(22,23)24/h6-9H,1-5H2,(H,25,26)(H,27,28)(H2,13,14,15)(H2,19,20,21)(H2,22,23,24)/t8-,9+/m0/s1. The van der Waals surface area contributed by atoms with Crippen molar-refractivity contribution in [1.29, 1.82) is 0 Å². The van der Waals surface area contributed by atoms with Gasteiger partial charge in [-0.25, -0.2) is 28.6 Å². The second-order valence-corrected chi connectivity index (χ2v) is 13.5. The highest BCUT2D eigenvalue weighted by molar-refractivity contribution is 7.66. The fourth-order valence-corrected chi connectivity index (χ4v) is 6.75. The van der Waals surface area contributed by atoms with Gasteiger partial charge in [-0.05, 0) is 0 Å². The van der Waals surface area contributed by atoms with Gasteiger partial charge in [0.1, 0.15) is 18.1 Å². The minimum absolute atomic E-state index is 0.0706. The van der Waals surface area contributed by atoms with Crippen LogP contribution in [-0.2, 0) is 36.1 Å². The second kappa shape index (κ2) is 10.9. The van der Waals surface area contributed by atoms with Gasteiger partial charge in [0, 0.05) is 19.6 Å². The largest absolute Gasteiger partial charge is 0.490 e. The van der Waals surface area contributed by atoms with Gasteiger partial charge in [0.15, 0.2) is 11.5 Å². The molecule has 3 heterocycles. The van der Waals surface area contributed by atoms with Gasteiger partial charge in [-0.2, -0.15) is 8.62 Å². The van der Waals surface area contributed by atoms with Crippen LogP contribution in [0.3, 0.4) is 0 Å². The average molecular weight is 598 g/mol. The van der Waals surface area contributed by atoms with E-state index in [1.807, 2.05) is 0 Å². The highest BCUT2D eigenvalue weighted by Gasteiger charge is 2.41. The van der Waals surface area contributed by atoms with Gasteiger partial charge in [0.2, 0.25) is 0 Å². The zero-order chi connectivity index (χ0) is 26.9. The normalized spacial score (nSPS) is 23.4. The molecular weight excluding hydrogens is 576 g/mol. The number of hydrogen-bond donors (Lipinski definition) is 7. The van der Waals surface area contributed by atoms with Crippen molar-refractivity contribution in [3.05, 3.63) is 12.7 Å². The Bertz CT molecular complexity index is 1280. The van der Waals surface area contributed by atoms with Crippen LogP contribution in [0.1, 0.15) is 6.23 Å². The van der Waals surface area contributed by atoms with E-state index in [2.05, 4.69) is 28.1 Å². The molecule has 36 heavy (non-hydrogen) atoms. The molecule has 1 saturated heterocycles. The van der Waals surface area contributed by atoms with E-state index in [1.165, 1.54) is 17.2 Å². The third kappa shape index (κ3) is 8.70. The Hall–Kier alpha value is -1.17. The van der Waals surface area contributed by atoms with Crippen LogP contribution in [0.25, 0.3) is 11.2 Å². The molecule has 1 aliphatic heterocycles. The van der Waals surface area contributed by atoms with Gasteiger partial charge >= 0.3 is 31.1 Å². The molecule has 2 aromatic heterocycles. The number of hydrogen-bond acceptors (Lipinski definition) is 13. The number of aromatic nitrogens is 4. The Morgan fingerprint density at radius 3 is 2.33 bits per heavy atom. The minimum atomic E-state index is -5.71. The number of fused-ring (bicyclic) bond motifs is 1. The van der Waals surface area contributed by atoms with Crippen LogP contribution in [0.5, 0.6) is 0 Å². The SMILES string of the molecule is Nc1ncnc2c1ncn2[C@H]1CN(CCP(=O)(O)O)C[C@@H](COP(=O)(O)OP(=O)(O)OP(=O)(O)O)O1. The van der Waals surface area contributed by atoms with Crippen molar-refractivity contribution in [2.24, 2.45) is 0 Å².